The van der Waals surface area contributed by atoms with Crippen LogP contribution in [0, 0.1) is 6.92 Å². The van der Waals surface area contributed by atoms with Crippen molar-refractivity contribution in [1.29, 1.82) is 0 Å². The number of ether oxygens (including phenoxy) is 2. The third-order valence-electron chi connectivity index (χ3n) is 3.81. The van der Waals surface area contributed by atoms with Gasteiger partial charge in [-0.3, -0.25) is 4.68 Å². The molecular formula is C16H24ClN3O4. The van der Waals surface area contributed by atoms with Gasteiger partial charge in [-0.05, 0) is 40.5 Å². The van der Waals surface area contributed by atoms with Crippen LogP contribution >= 0.6 is 11.6 Å². The molecule has 1 saturated heterocycles. The number of alkyl halides is 1. The molecule has 0 atom stereocenters. The van der Waals surface area contributed by atoms with E-state index < -0.39 is 11.6 Å². The molecule has 8 heteroatoms. The van der Waals surface area contributed by atoms with Crippen molar-refractivity contribution in [3.63, 3.8) is 0 Å². The minimum absolute atomic E-state index is 0.139. The van der Waals surface area contributed by atoms with Crippen molar-refractivity contribution in [3.05, 3.63) is 17.5 Å². The number of rotatable bonds is 3. The second-order valence-corrected chi connectivity index (χ2v) is 7.07. The lowest BCUT2D eigenvalue weighted by Gasteiger charge is -2.33. The predicted molar refractivity (Wildman–Crippen MR) is 89.2 cm³/mol. The highest BCUT2D eigenvalue weighted by Crippen LogP contribution is 2.24. The molecule has 2 rings (SSSR count). The molecule has 134 valence electrons. The maximum absolute atomic E-state index is 12.1. The van der Waals surface area contributed by atoms with Crippen LogP contribution in [0.25, 0.3) is 0 Å². The van der Waals surface area contributed by atoms with Crippen molar-refractivity contribution in [2.75, 3.05) is 19.2 Å². The molecule has 1 aromatic heterocycles. The van der Waals surface area contributed by atoms with Crippen LogP contribution in [-0.2, 0) is 9.47 Å². The van der Waals surface area contributed by atoms with Crippen molar-refractivity contribution in [2.45, 2.75) is 52.2 Å². The van der Waals surface area contributed by atoms with Crippen molar-refractivity contribution in [1.82, 2.24) is 14.7 Å². The van der Waals surface area contributed by atoms with E-state index in [1.807, 2.05) is 20.8 Å². The third-order valence-corrected chi connectivity index (χ3v) is 3.92. The van der Waals surface area contributed by atoms with E-state index in [9.17, 15) is 9.59 Å². The van der Waals surface area contributed by atoms with E-state index in [1.54, 1.807) is 22.7 Å². The largest absolute Gasteiger partial charge is 0.446 e. The quantitative estimate of drug-likeness (QED) is 0.613. The van der Waals surface area contributed by atoms with Crippen molar-refractivity contribution in [3.8, 4) is 0 Å². The Balaban J connectivity index is 1.96. The predicted octanol–water partition coefficient (Wildman–Crippen LogP) is 3.12. The van der Waals surface area contributed by atoms with E-state index >= 15 is 0 Å². The normalized spacial score (nSPS) is 16.1. The molecular weight excluding hydrogens is 334 g/mol. The number of amides is 1. The molecule has 1 fully saturated rings. The minimum Gasteiger partial charge on any atom is -0.446 e. The summed E-state index contributed by atoms with van der Waals surface area (Å²) in [5.41, 5.74) is 0.537. The molecule has 1 aliphatic rings. The Kier molecular flexibility index (Phi) is 5.74. The summed E-state index contributed by atoms with van der Waals surface area (Å²) in [6.45, 7) is 8.51. The fourth-order valence-electron chi connectivity index (χ4n) is 2.64. The molecule has 1 amide bonds. The third kappa shape index (κ3) is 4.63. The summed E-state index contributed by atoms with van der Waals surface area (Å²) < 4.78 is 12.0. The Bertz CT molecular complexity index is 601. The summed E-state index contributed by atoms with van der Waals surface area (Å²) >= 11 is 5.43. The molecule has 0 aromatic carbocycles. The van der Waals surface area contributed by atoms with Gasteiger partial charge in [-0.25, -0.2) is 9.59 Å². The molecule has 2 heterocycles. The molecule has 24 heavy (non-hydrogen) atoms. The molecule has 0 N–H and O–H groups in total. The fraction of sp³-hybridized carbons (Fsp3) is 0.688. The fourth-order valence-corrected chi connectivity index (χ4v) is 2.73. The van der Waals surface area contributed by atoms with Crippen LogP contribution in [0.15, 0.2) is 6.20 Å². The number of esters is 1. The standard InChI is InChI=1S/C16H24ClN3O4/c1-11-13(14(21)23-10-17)9-20(18-11)12-5-7-19(8-6-12)15(22)24-16(2,3)4/h9,12H,5-8,10H2,1-4H3. The van der Waals surface area contributed by atoms with Gasteiger partial charge >= 0.3 is 12.1 Å². The van der Waals surface area contributed by atoms with E-state index in [-0.39, 0.29) is 18.2 Å². The summed E-state index contributed by atoms with van der Waals surface area (Å²) in [4.78, 5) is 25.6. The molecule has 0 aliphatic carbocycles. The van der Waals surface area contributed by atoms with Gasteiger partial charge in [-0.15, -0.1) is 0 Å². The highest BCUT2D eigenvalue weighted by molar-refractivity contribution is 6.17. The average molecular weight is 358 g/mol. The maximum Gasteiger partial charge on any atom is 0.410 e. The number of hydrogen-bond acceptors (Lipinski definition) is 5. The lowest BCUT2D eigenvalue weighted by atomic mass is 10.1. The SMILES string of the molecule is Cc1nn(C2CCN(C(=O)OC(C)(C)C)CC2)cc1C(=O)OCCl. The lowest BCUT2D eigenvalue weighted by Crippen LogP contribution is -2.42. The molecule has 0 unspecified atom stereocenters. The van der Waals surface area contributed by atoms with Crippen LogP contribution in [0.1, 0.15) is 55.7 Å². The van der Waals surface area contributed by atoms with Crippen molar-refractivity contribution < 1.29 is 19.1 Å². The summed E-state index contributed by atoms with van der Waals surface area (Å²) in [7, 11) is 0. The zero-order valence-electron chi connectivity index (χ0n) is 14.5. The maximum atomic E-state index is 12.1. The van der Waals surface area contributed by atoms with Crippen LogP contribution in [0.2, 0.25) is 0 Å². The van der Waals surface area contributed by atoms with Crippen LogP contribution < -0.4 is 0 Å². The number of carbonyl (C=O) groups excluding carboxylic acids is 2. The van der Waals surface area contributed by atoms with Crippen molar-refractivity contribution in [2.24, 2.45) is 0 Å². The number of nitrogens with zero attached hydrogens (tertiary/aromatic N) is 3. The lowest BCUT2D eigenvalue weighted by molar-refractivity contribution is 0.0184. The van der Waals surface area contributed by atoms with Gasteiger partial charge < -0.3 is 14.4 Å². The first-order chi connectivity index (χ1) is 11.2. The summed E-state index contributed by atoms with van der Waals surface area (Å²) in [5, 5.41) is 4.40. The van der Waals surface area contributed by atoms with E-state index in [2.05, 4.69) is 5.10 Å². The average Bonchev–Trinajstić information content (AvgIpc) is 2.88. The summed E-state index contributed by atoms with van der Waals surface area (Å²) in [5.74, 6) is -0.472. The summed E-state index contributed by atoms with van der Waals surface area (Å²) in [6, 6.07) is -0.0440. The van der Waals surface area contributed by atoms with Gasteiger partial charge in [-0.2, -0.15) is 5.10 Å². The number of hydrogen-bond donors (Lipinski definition) is 0. The number of halogens is 1. The molecule has 1 aliphatic heterocycles. The zero-order chi connectivity index (χ0) is 17.9. The second-order valence-electron chi connectivity index (χ2n) is 6.85. The molecule has 1 aromatic rings. The van der Waals surface area contributed by atoms with Gasteiger partial charge in [0.05, 0.1) is 11.7 Å². The van der Waals surface area contributed by atoms with E-state index in [0.29, 0.717) is 24.3 Å². The summed E-state index contributed by atoms with van der Waals surface area (Å²) in [6.07, 6.45) is 2.91. The van der Waals surface area contributed by atoms with Gasteiger partial charge in [0, 0.05) is 19.3 Å². The van der Waals surface area contributed by atoms with Gasteiger partial charge in [0.2, 0.25) is 0 Å². The molecule has 0 spiro atoms. The molecule has 7 nitrogen and oxygen atoms in total. The molecule has 0 bridgehead atoms. The van der Waals surface area contributed by atoms with Crippen LogP contribution in [-0.4, -0.2) is 51.5 Å². The second kappa shape index (κ2) is 7.42. The van der Waals surface area contributed by atoms with E-state index in [4.69, 9.17) is 21.1 Å². The highest BCUT2D eigenvalue weighted by Gasteiger charge is 2.28. The van der Waals surface area contributed by atoms with E-state index in [0.717, 1.165) is 12.8 Å². The Morgan fingerprint density at radius 1 is 1.33 bits per heavy atom. The Morgan fingerprint density at radius 3 is 2.50 bits per heavy atom. The number of aryl methyl sites for hydroxylation is 1. The first kappa shape index (κ1) is 18.6. The Hall–Kier alpha value is -1.76. The van der Waals surface area contributed by atoms with Crippen LogP contribution in [0.5, 0.6) is 0 Å². The smallest absolute Gasteiger partial charge is 0.410 e. The van der Waals surface area contributed by atoms with Crippen LogP contribution in [0.3, 0.4) is 0 Å². The van der Waals surface area contributed by atoms with Gasteiger partial charge in [-0.1, -0.05) is 11.6 Å². The van der Waals surface area contributed by atoms with Gasteiger partial charge in [0.1, 0.15) is 11.2 Å². The molecule has 0 radical (unpaired) electrons. The monoisotopic (exact) mass is 357 g/mol. The number of likely N-dealkylation sites (tertiary alicyclic amines) is 1. The minimum atomic E-state index is -0.495. The number of carbonyl (C=O) groups is 2. The number of aromatic nitrogens is 2. The van der Waals surface area contributed by atoms with E-state index in [1.165, 1.54) is 0 Å². The number of piperidine rings is 1. The van der Waals surface area contributed by atoms with Crippen molar-refractivity contribution >= 4 is 23.7 Å². The molecule has 0 saturated carbocycles. The topological polar surface area (TPSA) is 73.7 Å². The first-order valence-corrected chi connectivity index (χ1v) is 8.51. The Labute approximate surface area is 146 Å². The van der Waals surface area contributed by atoms with Gasteiger partial charge in [0.25, 0.3) is 0 Å². The highest BCUT2D eigenvalue weighted by atomic mass is 35.5. The van der Waals surface area contributed by atoms with Crippen LogP contribution in [0.4, 0.5) is 4.79 Å². The van der Waals surface area contributed by atoms with Gasteiger partial charge in [0.15, 0.2) is 6.07 Å². The first-order valence-electron chi connectivity index (χ1n) is 7.98. The Morgan fingerprint density at radius 2 is 1.96 bits per heavy atom. The zero-order valence-corrected chi connectivity index (χ0v) is 15.3.